The van der Waals surface area contributed by atoms with Crippen molar-refractivity contribution in [1.82, 2.24) is 4.90 Å². The lowest BCUT2D eigenvalue weighted by Gasteiger charge is -2.29. The first-order chi connectivity index (χ1) is 17.9. The molecule has 3 aliphatic heterocycles. The van der Waals surface area contributed by atoms with Crippen LogP contribution in [-0.2, 0) is 14.3 Å². The largest absolute Gasteiger partial charge is 0.454 e. The molecule has 11 heteroatoms. The number of thiocarbonyl (C=S) groups is 1. The van der Waals surface area contributed by atoms with E-state index in [1.807, 2.05) is 0 Å². The third kappa shape index (κ3) is 5.47. The number of rotatable bonds is 6. The number of Topliss-reactive ketones (excluding diaryl/α,β-unsaturated/α-hetero) is 1. The Kier molecular flexibility index (Phi) is 7.43. The molecular weight excluding hydrogens is 516 g/mol. The Morgan fingerprint density at radius 1 is 0.973 bits per heavy atom. The van der Waals surface area contributed by atoms with E-state index in [-0.39, 0.29) is 36.4 Å². The van der Waals surface area contributed by atoms with Gasteiger partial charge < -0.3 is 19.1 Å². The molecule has 2 aromatic carbocycles. The van der Waals surface area contributed by atoms with Crippen molar-refractivity contribution in [2.24, 2.45) is 0 Å². The topological polar surface area (TPSA) is 102 Å². The van der Waals surface area contributed by atoms with E-state index < -0.39 is 17.8 Å². The lowest BCUT2D eigenvalue weighted by Crippen LogP contribution is -2.35. The van der Waals surface area contributed by atoms with Crippen LogP contribution in [0.4, 0.5) is 5.69 Å². The fraction of sp³-hybridized carbons (Fsp3) is 0.346. The molecule has 2 aromatic rings. The Labute approximate surface area is 223 Å². The van der Waals surface area contributed by atoms with Crippen LogP contribution in [0.1, 0.15) is 46.4 Å². The van der Waals surface area contributed by atoms with Gasteiger partial charge in [-0.25, -0.2) is 9.69 Å². The smallest absolute Gasteiger partial charge is 0.338 e. The second kappa shape index (κ2) is 10.9. The van der Waals surface area contributed by atoms with E-state index in [0.717, 1.165) is 30.8 Å². The molecular formula is C26H24N2O7S2. The minimum atomic E-state index is -0.694. The predicted molar refractivity (Wildman–Crippen MR) is 140 cm³/mol. The Balaban J connectivity index is 1.17. The molecule has 3 aliphatic rings. The summed E-state index contributed by atoms with van der Waals surface area (Å²) in [4.78, 5) is 53.8. The molecule has 0 N–H and O–H groups in total. The van der Waals surface area contributed by atoms with Gasteiger partial charge in [0.05, 0.1) is 11.3 Å². The molecule has 3 heterocycles. The Bertz CT molecular complexity index is 1260. The van der Waals surface area contributed by atoms with Crippen LogP contribution in [0, 0.1) is 0 Å². The number of thioether (sulfide) groups is 1. The van der Waals surface area contributed by atoms with Gasteiger partial charge in [-0.2, -0.15) is 0 Å². The zero-order valence-electron chi connectivity index (χ0n) is 19.8. The van der Waals surface area contributed by atoms with Crippen molar-refractivity contribution in [2.45, 2.75) is 30.9 Å². The molecule has 0 spiro atoms. The average Bonchev–Trinajstić information content (AvgIpc) is 3.50. The molecule has 0 saturated carbocycles. The predicted octanol–water partition coefficient (Wildman–Crippen LogP) is 3.59. The number of fused-ring (bicyclic) bond motifs is 1. The highest BCUT2D eigenvalue weighted by Crippen LogP contribution is 2.33. The van der Waals surface area contributed by atoms with Gasteiger partial charge in [0.15, 0.2) is 23.9 Å². The highest BCUT2D eigenvalue weighted by Gasteiger charge is 2.41. The SMILES string of the molecule is O=C(COC(=O)c1ccc(N2C(=O)C[C@@H](SC(=S)N3CCCCC3)C2=O)cc1)c1ccc2c(c1)OCO2. The van der Waals surface area contributed by atoms with Crippen molar-refractivity contribution in [3.63, 3.8) is 0 Å². The first-order valence-electron chi connectivity index (χ1n) is 11.9. The van der Waals surface area contributed by atoms with Crippen LogP contribution in [0.25, 0.3) is 0 Å². The lowest BCUT2D eigenvalue weighted by atomic mass is 10.1. The molecule has 192 valence electrons. The van der Waals surface area contributed by atoms with Gasteiger partial charge >= 0.3 is 5.97 Å². The zero-order valence-corrected chi connectivity index (χ0v) is 21.5. The van der Waals surface area contributed by atoms with E-state index in [9.17, 15) is 19.2 Å². The third-order valence-corrected chi connectivity index (χ3v) is 8.01. The second-order valence-corrected chi connectivity index (χ2v) is 10.6. The zero-order chi connectivity index (χ0) is 25.9. The lowest BCUT2D eigenvalue weighted by molar-refractivity contribution is -0.121. The second-order valence-electron chi connectivity index (χ2n) is 8.81. The van der Waals surface area contributed by atoms with Crippen LogP contribution >= 0.6 is 24.0 Å². The fourth-order valence-electron chi connectivity index (χ4n) is 4.35. The summed E-state index contributed by atoms with van der Waals surface area (Å²) in [6.45, 7) is 1.41. The summed E-state index contributed by atoms with van der Waals surface area (Å²) < 4.78 is 16.3. The van der Waals surface area contributed by atoms with E-state index >= 15 is 0 Å². The van der Waals surface area contributed by atoms with Crippen LogP contribution in [0.3, 0.4) is 0 Å². The maximum Gasteiger partial charge on any atom is 0.338 e. The van der Waals surface area contributed by atoms with Gasteiger partial charge in [-0.15, -0.1) is 0 Å². The minimum absolute atomic E-state index is 0.0727. The molecule has 1 atom stereocenters. The number of amides is 2. The van der Waals surface area contributed by atoms with Gasteiger partial charge in [-0.3, -0.25) is 14.4 Å². The summed E-state index contributed by atoms with van der Waals surface area (Å²) in [5, 5.41) is -0.561. The van der Waals surface area contributed by atoms with E-state index in [4.69, 9.17) is 26.4 Å². The summed E-state index contributed by atoms with van der Waals surface area (Å²) in [7, 11) is 0. The number of carbonyl (C=O) groups excluding carboxylic acids is 4. The van der Waals surface area contributed by atoms with Crippen molar-refractivity contribution in [3.8, 4) is 11.5 Å². The van der Waals surface area contributed by atoms with Gasteiger partial charge in [0.25, 0.3) is 0 Å². The highest BCUT2D eigenvalue weighted by atomic mass is 32.2. The Hall–Kier alpha value is -3.44. The van der Waals surface area contributed by atoms with Gasteiger partial charge in [0, 0.05) is 25.1 Å². The van der Waals surface area contributed by atoms with Crippen LogP contribution < -0.4 is 14.4 Å². The molecule has 37 heavy (non-hydrogen) atoms. The molecule has 2 amide bonds. The highest BCUT2D eigenvalue weighted by molar-refractivity contribution is 8.23. The van der Waals surface area contributed by atoms with E-state index in [1.165, 1.54) is 42.4 Å². The number of hydrogen-bond donors (Lipinski definition) is 0. The Morgan fingerprint density at radius 3 is 2.43 bits per heavy atom. The van der Waals surface area contributed by atoms with Crippen LogP contribution in [0.2, 0.25) is 0 Å². The first-order valence-corrected chi connectivity index (χ1v) is 13.2. The van der Waals surface area contributed by atoms with Crippen LogP contribution in [-0.4, -0.2) is 64.5 Å². The number of ether oxygens (including phenoxy) is 3. The number of esters is 1. The summed E-state index contributed by atoms with van der Waals surface area (Å²) in [6.07, 6.45) is 3.40. The molecule has 0 radical (unpaired) electrons. The van der Waals surface area contributed by atoms with E-state index in [2.05, 4.69) is 4.90 Å². The van der Waals surface area contributed by atoms with E-state index in [1.54, 1.807) is 18.2 Å². The number of benzene rings is 2. The molecule has 5 rings (SSSR count). The number of hydrogen-bond acceptors (Lipinski definition) is 9. The number of ketones is 1. The number of piperidine rings is 1. The first kappa shape index (κ1) is 25.2. The summed E-state index contributed by atoms with van der Waals surface area (Å²) in [5.74, 6) is -0.693. The normalized spacial score (nSPS) is 18.8. The van der Waals surface area contributed by atoms with Gasteiger partial charge in [0.2, 0.25) is 18.6 Å². The molecule has 0 aliphatic carbocycles. The molecule has 0 unspecified atom stereocenters. The number of nitrogens with zero attached hydrogens (tertiary/aromatic N) is 2. The van der Waals surface area contributed by atoms with Crippen molar-refractivity contribution >= 4 is 57.6 Å². The van der Waals surface area contributed by atoms with Gasteiger partial charge in [-0.1, -0.05) is 24.0 Å². The summed E-state index contributed by atoms with van der Waals surface area (Å²) >= 11 is 6.79. The molecule has 9 nitrogen and oxygen atoms in total. The molecule has 0 bridgehead atoms. The van der Waals surface area contributed by atoms with Gasteiger partial charge in [0.1, 0.15) is 9.57 Å². The maximum atomic E-state index is 13.0. The van der Waals surface area contributed by atoms with Gasteiger partial charge in [-0.05, 0) is 61.7 Å². The average molecular weight is 541 g/mol. The number of carbonyl (C=O) groups is 4. The van der Waals surface area contributed by atoms with Crippen molar-refractivity contribution in [1.29, 1.82) is 0 Å². The minimum Gasteiger partial charge on any atom is -0.454 e. The van der Waals surface area contributed by atoms with Crippen molar-refractivity contribution in [3.05, 3.63) is 53.6 Å². The maximum absolute atomic E-state index is 13.0. The summed E-state index contributed by atoms with van der Waals surface area (Å²) in [6, 6.07) is 10.7. The van der Waals surface area contributed by atoms with Crippen molar-refractivity contribution in [2.75, 3.05) is 31.4 Å². The fourth-order valence-corrected chi connectivity index (χ4v) is 5.89. The molecule has 0 aromatic heterocycles. The van der Waals surface area contributed by atoms with Crippen molar-refractivity contribution < 1.29 is 33.4 Å². The number of anilines is 1. The summed E-state index contributed by atoms with van der Waals surface area (Å²) in [5.41, 5.74) is 0.902. The molecule has 2 fully saturated rings. The number of likely N-dealkylation sites (tertiary alicyclic amines) is 1. The van der Waals surface area contributed by atoms with Crippen LogP contribution in [0.5, 0.6) is 11.5 Å². The third-order valence-electron chi connectivity index (χ3n) is 6.35. The van der Waals surface area contributed by atoms with Crippen LogP contribution in [0.15, 0.2) is 42.5 Å². The monoisotopic (exact) mass is 540 g/mol. The van der Waals surface area contributed by atoms with E-state index in [0.29, 0.717) is 27.1 Å². The Morgan fingerprint density at radius 2 is 1.68 bits per heavy atom. The number of imide groups is 1. The quantitative estimate of drug-likeness (QED) is 0.234. The standard InChI is InChI=1S/C26H24N2O7S2/c29-19(17-6-9-20-21(12-17)35-15-34-20)14-33-25(32)16-4-7-18(8-5-16)28-23(30)13-22(24(28)31)37-26(36)27-10-2-1-3-11-27/h4-9,12,22H,1-3,10-11,13-15H2/t22-/m1/s1. The molecule has 2 saturated heterocycles.